The maximum absolute atomic E-state index is 2.67. The average Bonchev–Trinajstić information content (AvgIpc) is 2.61. The normalized spacial score (nSPS) is 19.3. The summed E-state index contributed by atoms with van der Waals surface area (Å²) in [5.41, 5.74) is 2.81. The monoisotopic (exact) mass is 291 g/mol. The smallest absolute Gasteiger partial charge is 0.0326 e. The summed E-state index contributed by atoms with van der Waals surface area (Å²) in [6, 6.07) is 22.8. The van der Waals surface area contributed by atoms with Gasteiger partial charge in [-0.1, -0.05) is 72.8 Å². The van der Waals surface area contributed by atoms with Gasteiger partial charge in [0.05, 0.1) is 0 Å². The fourth-order valence-electron chi connectivity index (χ4n) is 3.38. The van der Waals surface area contributed by atoms with Gasteiger partial charge < -0.3 is 0 Å². The average molecular weight is 291 g/mol. The first kappa shape index (κ1) is 15.1. The van der Waals surface area contributed by atoms with Gasteiger partial charge in [-0.3, -0.25) is 4.90 Å². The number of allylic oxidation sites excluding steroid dienone is 1. The first-order chi connectivity index (χ1) is 10.8. The lowest BCUT2D eigenvalue weighted by molar-refractivity contribution is 0.125. The topological polar surface area (TPSA) is 3.24 Å². The molecule has 2 aromatic rings. The SMILES string of the molecule is C[C@H](c1ccccc1)N(Cc1ccccc1)C1CC=CCC1. The molecule has 2 aromatic carbocycles. The van der Waals surface area contributed by atoms with E-state index < -0.39 is 0 Å². The molecule has 0 saturated carbocycles. The molecule has 3 rings (SSSR count). The van der Waals surface area contributed by atoms with E-state index in [1.165, 1.54) is 30.4 Å². The number of nitrogens with zero attached hydrogens (tertiary/aromatic N) is 1. The van der Waals surface area contributed by atoms with Crippen molar-refractivity contribution in [2.24, 2.45) is 0 Å². The third-order valence-electron chi connectivity index (χ3n) is 4.70. The number of rotatable bonds is 5. The number of hydrogen-bond donors (Lipinski definition) is 0. The Morgan fingerprint density at radius 1 is 0.955 bits per heavy atom. The van der Waals surface area contributed by atoms with Crippen LogP contribution >= 0.6 is 0 Å². The highest BCUT2D eigenvalue weighted by atomic mass is 15.2. The van der Waals surface area contributed by atoms with Crippen LogP contribution in [0.25, 0.3) is 0 Å². The van der Waals surface area contributed by atoms with Crippen LogP contribution < -0.4 is 0 Å². The number of hydrogen-bond acceptors (Lipinski definition) is 1. The maximum atomic E-state index is 2.67. The van der Waals surface area contributed by atoms with Crippen LogP contribution in [0.15, 0.2) is 72.8 Å². The summed E-state index contributed by atoms with van der Waals surface area (Å²) >= 11 is 0. The second-order valence-corrected chi connectivity index (χ2v) is 6.18. The molecular formula is C21H25N. The van der Waals surface area contributed by atoms with E-state index in [-0.39, 0.29) is 0 Å². The highest BCUT2D eigenvalue weighted by molar-refractivity contribution is 5.20. The van der Waals surface area contributed by atoms with Gasteiger partial charge in [-0.05, 0) is 37.3 Å². The molecule has 0 spiro atoms. The summed E-state index contributed by atoms with van der Waals surface area (Å²) in [5.74, 6) is 0. The zero-order chi connectivity index (χ0) is 15.2. The molecule has 0 aliphatic heterocycles. The van der Waals surface area contributed by atoms with Gasteiger partial charge in [-0.15, -0.1) is 0 Å². The van der Waals surface area contributed by atoms with Gasteiger partial charge in [0, 0.05) is 18.6 Å². The summed E-state index contributed by atoms with van der Waals surface area (Å²) in [6.07, 6.45) is 8.32. The molecule has 0 heterocycles. The molecule has 0 bridgehead atoms. The summed E-state index contributed by atoms with van der Waals surface area (Å²) in [7, 11) is 0. The molecule has 2 atom stereocenters. The van der Waals surface area contributed by atoms with Gasteiger partial charge in [-0.25, -0.2) is 0 Å². The van der Waals surface area contributed by atoms with Gasteiger partial charge in [0.1, 0.15) is 0 Å². The van der Waals surface area contributed by atoms with Crippen LogP contribution in [0.3, 0.4) is 0 Å². The highest BCUT2D eigenvalue weighted by Crippen LogP contribution is 2.29. The first-order valence-electron chi connectivity index (χ1n) is 8.34. The Bertz CT molecular complexity index is 588. The van der Waals surface area contributed by atoms with Crippen molar-refractivity contribution in [2.45, 2.75) is 44.8 Å². The third-order valence-corrected chi connectivity index (χ3v) is 4.70. The quantitative estimate of drug-likeness (QED) is 0.670. The molecule has 0 fully saturated rings. The van der Waals surface area contributed by atoms with Gasteiger partial charge in [0.15, 0.2) is 0 Å². The highest BCUT2D eigenvalue weighted by Gasteiger charge is 2.24. The minimum Gasteiger partial charge on any atom is -0.289 e. The van der Waals surface area contributed by atoms with Crippen molar-refractivity contribution in [1.29, 1.82) is 0 Å². The van der Waals surface area contributed by atoms with Crippen molar-refractivity contribution in [1.82, 2.24) is 4.90 Å². The van der Waals surface area contributed by atoms with Gasteiger partial charge >= 0.3 is 0 Å². The lowest BCUT2D eigenvalue weighted by Crippen LogP contribution is -2.37. The van der Waals surface area contributed by atoms with Gasteiger partial charge in [0.2, 0.25) is 0 Å². The molecule has 1 unspecified atom stereocenters. The van der Waals surface area contributed by atoms with E-state index >= 15 is 0 Å². The second-order valence-electron chi connectivity index (χ2n) is 6.18. The van der Waals surface area contributed by atoms with E-state index in [9.17, 15) is 0 Å². The lowest BCUT2D eigenvalue weighted by atomic mass is 9.96. The molecule has 1 heteroatoms. The van der Waals surface area contributed by atoms with E-state index in [2.05, 4.69) is 84.6 Å². The van der Waals surface area contributed by atoms with E-state index in [1.54, 1.807) is 0 Å². The molecule has 0 aromatic heterocycles. The predicted octanol–water partition coefficient (Wildman–Crippen LogP) is 5.36. The van der Waals surface area contributed by atoms with Crippen LogP contribution in [-0.2, 0) is 6.54 Å². The van der Waals surface area contributed by atoms with Crippen LogP contribution in [0.5, 0.6) is 0 Å². The molecule has 1 nitrogen and oxygen atoms in total. The molecular weight excluding hydrogens is 266 g/mol. The van der Waals surface area contributed by atoms with Crippen molar-refractivity contribution < 1.29 is 0 Å². The van der Waals surface area contributed by atoms with Crippen LogP contribution in [-0.4, -0.2) is 10.9 Å². The molecule has 1 aliphatic carbocycles. The molecule has 114 valence electrons. The number of benzene rings is 2. The summed E-state index contributed by atoms with van der Waals surface area (Å²) in [5, 5.41) is 0. The van der Waals surface area contributed by atoms with E-state index in [0.29, 0.717) is 12.1 Å². The molecule has 0 N–H and O–H groups in total. The Morgan fingerprint density at radius 3 is 2.27 bits per heavy atom. The Kier molecular flexibility index (Phi) is 5.07. The largest absolute Gasteiger partial charge is 0.289 e. The Hall–Kier alpha value is -1.86. The minimum absolute atomic E-state index is 0.443. The van der Waals surface area contributed by atoms with Crippen molar-refractivity contribution in [3.8, 4) is 0 Å². The van der Waals surface area contributed by atoms with E-state index in [0.717, 1.165) is 6.54 Å². The summed E-state index contributed by atoms with van der Waals surface area (Å²) < 4.78 is 0. The predicted molar refractivity (Wildman–Crippen MR) is 93.6 cm³/mol. The molecule has 0 saturated heterocycles. The molecule has 0 radical (unpaired) electrons. The summed E-state index contributed by atoms with van der Waals surface area (Å²) in [6.45, 7) is 3.37. The van der Waals surface area contributed by atoms with E-state index in [1.807, 2.05) is 0 Å². The van der Waals surface area contributed by atoms with Crippen LogP contribution in [0, 0.1) is 0 Å². The standard InChI is InChI=1S/C21H25N/c1-18(20-13-7-3-8-14-20)22(21-15-9-4-10-16-21)17-19-11-5-2-6-12-19/h2-9,11-14,18,21H,10,15-17H2,1H3/t18-,21?/m1/s1. The maximum Gasteiger partial charge on any atom is 0.0326 e. The van der Waals surface area contributed by atoms with Crippen molar-refractivity contribution >= 4 is 0 Å². The zero-order valence-corrected chi connectivity index (χ0v) is 13.4. The van der Waals surface area contributed by atoms with Crippen molar-refractivity contribution in [3.63, 3.8) is 0 Å². The first-order valence-corrected chi connectivity index (χ1v) is 8.34. The summed E-state index contributed by atoms with van der Waals surface area (Å²) in [4.78, 5) is 2.67. The van der Waals surface area contributed by atoms with Crippen LogP contribution in [0.2, 0.25) is 0 Å². The zero-order valence-electron chi connectivity index (χ0n) is 13.4. The van der Waals surface area contributed by atoms with Crippen molar-refractivity contribution in [2.75, 3.05) is 0 Å². The Labute approximate surface area is 134 Å². The third kappa shape index (κ3) is 3.66. The Balaban J connectivity index is 1.83. The minimum atomic E-state index is 0.443. The van der Waals surface area contributed by atoms with Crippen LogP contribution in [0.4, 0.5) is 0 Å². The van der Waals surface area contributed by atoms with E-state index in [4.69, 9.17) is 0 Å². The van der Waals surface area contributed by atoms with Gasteiger partial charge in [0.25, 0.3) is 0 Å². The fraction of sp³-hybridized carbons (Fsp3) is 0.333. The molecule has 1 aliphatic rings. The molecule has 22 heavy (non-hydrogen) atoms. The lowest BCUT2D eigenvalue weighted by Gasteiger charge is -2.37. The van der Waals surface area contributed by atoms with Crippen LogP contribution in [0.1, 0.15) is 43.4 Å². The second kappa shape index (κ2) is 7.42. The van der Waals surface area contributed by atoms with Crippen molar-refractivity contribution in [3.05, 3.63) is 83.9 Å². The molecule has 0 amide bonds. The fourth-order valence-corrected chi connectivity index (χ4v) is 3.38. The Morgan fingerprint density at radius 2 is 1.64 bits per heavy atom. The van der Waals surface area contributed by atoms with Gasteiger partial charge in [-0.2, -0.15) is 0 Å².